The minimum Gasteiger partial charge on any atom is -0.381 e. The first-order valence-electron chi connectivity index (χ1n) is 8.41. The van der Waals surface area contributed by atoms with Crippen LogP contribution in [0.15, 0.2) is 18.3 Å². The van der Waals surface area contributed by atoms with Crippen molar-refractivity contribution in [2.45, 2.75) is 38.1 Å². The van der Waals surface area contributed by atoms with Crippen molar-refractivity contribution in [2.75, 3.05) is 40.5 Å². The van der Waals surface area contributed by atoms with Crippen LogP contribution in [0.1, 0.15) is 18.5 Å². The maximum atomic E-state index is 11.8. The molecule has 1 amide bonds. The molecule has 128 valence electrons. The van der Waals surface area contributed by atoms with E-state index in [1.165, 1.54) is 5.69 Å². The number of ether oxygens (including phenoxy) is 2. The summed E-state index contributed by atoms with van der Waals surface area (Å²) in [4.78, 5) is 15.9. The van der Waals surface area contributed by atoms with E-state index in [2.05, 4.69) is 27.8 Å². The van der Waals surface area contributed by atoms with E-state index in [-0.39, 0.29) is 18.6 Å². The van der Waals surface area contributed by atoms with Crippen molar-refractivity contribution in [3.63, 3.8) is 0 Å². The molecule has 0 radical (unpaired) electrons. The maximum Gasteiger partial charge on any atom is 0.248 e. The summed E-state index contributed by atoms with van der Waals surface area (Å²) < 4.78 is 13.7. The highest BCUT2D eigenvalue weighted by molar-refractivity contribution is 5.76. The third kappa shape index (κ3) is 4.13. The molecule has 6 nitrogen and oxygen atoms in total. The second kappa shape index (κ2) is 7.47. The molecule has 3 heterocycles. The van der Waals surface area contributed by atoms with Gasteiger partial charge in [-0.05, 0) is 25.0 Å². The summed E-state index contributed by atoms with van der Waals surface area (Å²) in [7, 11) is 3.52. The van der Waals surface area contributed by atoms with Gasteiger partial charge in [0.25, 0.3) is 0 Å². The molecule has 1 atom stereocenters. The molecule has 0 saturated carbocycles. The molecule has 1 fully saturated rings. The zero-order chi connectivity index (χ0) is 16.2. The fraction of sp³-hybridized carbons (Fsp3) is 0.706. The highest BCUT2D eigenvalue weighted by atomic mass is 16.5. The third-order valence-corrected chi connectivity index (χ3v) is 4.78. The quantitative estimate of drug-likeness (QED) is 0.829. The average molecular weight is 321 g/mol. The van der Waals surface area contributed by atoms with Gasteiger partial charge in [0.2, 0.25) is 5.91 Å². The largest absolute Gasteiger partial charge is 0.381 e. The monoisotopic (exact) mass is 321 g/mol. The van der Waals surface area contributed by atoms with Crippen LogP contribution in [0.4, 0.5) is 0 Å². The van der Waals surface area contributed by atoms with Crippen LogP contribution >= 0.6 is 0 Å². The first kappa shape index (κ1) is 16.5. The summed E-state index contributed by atoms with van der Waals surface area (Å²) in [5.41, 5.74) is 1.32. The van der Waals surface area contributed by atoms with E-state index in [4.69, 9.17) is 9.47 Å². The van der Waals surface area contributed by atoms with E-state index in [9.17, 15) is 4.79 Å². The van der Waals surface area contributed by atoms with Gasteiger partial charge in [-0.25, -0.2) is 0 Å². The number of hydrogen-bond acceptors (Lipinski definition) is 4. The molecule has 0 N–H and O–H groups in total. The van der Waals surface area contributed by atoms with E-state index >= 15 is 0 Å². The van der Waals surface area contributed by atoms with E-state index in [1.807, 2.05) is 0 Å². The molecule has 1 aromatic heterocycles. The van der Waals surface area contributed by atoms with Gasteiger partial charge in [-0.15, -0.1) is 0 Å². The molecule has 0 spiro atoms. The van der Waals surface area contributed by atoms with Crippen LogP contribution < -0.4 is 0 Å². The van der Waals surface area contributed by atoms with Crippen LogP contribution in [0.5, 0.6) is 0 Å². The van der Waals surface area contributed by atoms with Gasteiger partial charge < -0.3 is 18.9 Å². The standard InChI is InChI=1S/C17H27N3O3/c1-18(2)17(21)13-23-16-11-19-7-3-4-15(19)10-20(12-16)14-5-8-22-9-6-14/h3-4,7,14,16H,5-6,8-13H2,1-2H3. The zero-order valence-electron chi connectivity index (χ0n) is 14.1. The van der Waals surface area contributed by atoms with Crippen molar-refractivity contribution in [1.29, 1.82) is 0 Å². The molecule has 0 aliphatic carbocycles. The highest BCUT2D eigenvalue weighted by Crippen LogP contribution is 2.22. The van der Waals surface area contributed by atoms with Crippen molar-refractivity contribution < 1.29 is 14.3 Å². The Labute approximate surface area is 137 Å². The number of nitrogens with zero attached hydrogens (tertiary/aromatic N) is 3. The van der Waals surface area contributed by atoms with E-state index in [1.54, 1.807) is 19.0 Å². The number of rotatable bonds is 4. The van der Waals surface area contributed by atoms with Gasteiger partial charge in [-0.1, -0.05) is 0 Å². The van der Waals surface area contributed by atoms with Crippen molar-refractivity contribution >= 4 is 5.91 Å². The smallest absolute Gasteiger partial charge is 0.248 e. The Balaban J connectivity index is 1.68. The Kier molecular flexibility index (Phi) is 5.35. The molecule has 1 unspecified atom stereocenters. The molecule has 3 rings (SSSR count). The van der Waals surface area contributed by atoms with Crippen LogP contribution in [0.2, 0.25) is 0 Å². The fourth-order valence-electron chi connectivity index (χ4n) is 3.33. The Morgan fingerprint density at radius 2 is 2.13 bits per heavy atom. The Morgan fingerprint density at radius 3 is 2.87 bits per heavy atom. The molecule has 6 heteroatoms. The second-order valence-corrected chi connectivity index (χ2v) is 6.65. The number of hydrogen-bond donors (Lipinski definition) is 0. The summed E-state index contributed by atoms with van der Waals surface area (Å²) in [5, 5.41) is 0. The van der Waals surface area contributed by atoms with Gasteiger partial charge in [0.05, 0.1) is 6.10 Å². The molecule has 23 heavy (non-hydrogen) atoms. The fourth-order valence-corrected chi connectivity index (χ4v) is 3.33. The molecule has 0 bridgehead atoms. The van der Waals surface area contributed by atoms with Crippen molar-refractivity contribution in [1.82, 2.24) is 14.4 Å². The molecular formula is C17H27N3O3. The van der Waals surface area contributed by atoms with E-state index in [0.717, 1.165) is 45.7 Å². The van der Waals surface area contributed by atoms with Crippen molar-refractivity contribution in [3.8, 4) is 0 Å². The van der Waals surface area contributed by atoms with Gasteiger partial charge in [0.15, 0.2) is 0 Å². The Bertz CT molecular complexity index is 523. The first-order valence-corrected chi connectivity index (χ1v) is 8.41. The van der Waals surface area contributed by atoms with Crippen LogP contribution in [0.25, 0.3) is 0 Å². The van der Waals surface area contributed by atoms with Crippen molar-refractivity contribution in [3.05, 3.63) is 24.0 Å². The lowest BCUT2D eigenvalue weighted by Crippen LogP contribution is -2.43. The predicted molar refractivity (Wildman–Crippen MR) is 87.1 cm³/mol. The number of amides is 1. The number of carbonyl (C=O) groups is 1. The second-order valence-electron chi connectivity index (χ2n) is 6.65. The summed E-state index contributed by atoms with van der Waals surface area (Å²) >= 11 is 0. The number of carbonyl (C=O) groups excluding carboxylic acids is 1. The molecule has 0 aromatic carbocycles. The minimum atomic E-state index is 0.0135. The number of fused-ring (bicyclic) bond motifs is 1. The van der Waals surface area contributed by atoms with Gasteiger partial charge in [-0.3, -0.25) is 9.69 Å². The predicted octanol–water partition coefficient (Wildman–Crippen LogP) is 0.956. The molecule has 2 aliphatic rings. The van der Waals surface area contributed by atoms with Crippen molar-refractivity contribution in [2.24, 2.45) is 0 Å². The van der Waals surface area contributed by atoms with E-state index < -0.39 is 0 Å². The topological polar surface area (TPSA) is 46.9 Å². The maximum absolute atomic E-state index is 11.8. The minimum absolute atomic E-state index is 0.0135. The van der Waals surface area contributed by atoms with Crippen LogP contribution in [0.3, 0.4) is 0 Å². The average Bonchev–Trinajstić information content (AvgIpc) is 2.91. The summed E-state index contributed by atoms with van der Waals surface area (Å²) in [5.74, 6) is 0.0135. The molecule has 1 saturated heterocycles. The van der Waals surface area contributed by atoms with Crippen LogP contribution in [-0.2, 0) is 27.4 Å². The molecule has 2 aliphatic heterocycles. The lowest BCUT2D eigenvalue weighted by Gasteiger charge is -2.34. The highest BCUT2D eigenvalue weighted by Gasteiger charge is 2.28. The first-order chi connectivity index (χ1) is 11.1. The van der Waals surface area contributed by atoms with Gasteiger partial charge >= 0.3 is 0 Å². The normalized spacial score (nSPS) is 23.3. The summed E-state index contributed by atoms with van der Waals surface area (Å²) in [6, 6.07) is 4.81. The third-order valence-electron chi connectivity index (χ3n) is 4.78. The van der Waals surface area contributed by atoms with Gasteiger partial charge in [-0.2, -0.15) is 0 Å². The van der Waals surface area contributed by atoms with Crippen LogP contribution in [-0.4, -0.2) is 72.9 Å². The molecule has 1 aromatic rings. The molecular weight excluding hydrogens is 294 g/mol. The van der Waals surface area contributed by atoms with Gasteiger partial charge in [0.1, 0.15) is 6.61 Å². The SMILES string of the molecule is CN(C)C(=O)COC1CN(C2CCOCC2)Cc2cccn2C1. The Hall–Kier alpha value is -1.37. The van der Waals surface area contributed by atoms with E-state index in [0.29, 0.717) is 6.04 Å². The lowest BCUT2D eigenvalue weighted by molar-refractivity contribution is -0.136. The summed E-state index contributed by atoms with van der Waals surface area (Å²) in [6.45, 7) is 4.45. The summed E-state index contributed by atoms with van der Waals surface area (Å²) in [6.07, 6.45) is 4.29. The number of likely N-dealkylation sites (N-methyl/N-ethyl adjacent to an activating group) is 1. The lowest BCUT2D eigenvalue weighted by atomic mass is 10.1. The van der Waals surface area contributed by atoms with Gasteiger partial charge in [0, 0.05) is 64.9 Å². The zero-order valence-corrected chi connectivity index (χ0v) is 14.1. The van der Waals surface area contributed by atoms with Crippen LogP contribution in [0, 0.1) is 0 Å². The Morgan fingerprint density at radius 1 is 1.35 bits per heavy atom. The number of aromatic nitrogens is 1.